The van der Waals surface area contributed by atoms with Gasteiger partial charge >= 0.3 is 18.2 Å². The van der Waals surface area contributed by atoms with Crippen molar-refractivity contribution >= 4 is 17.7 Å². The van der Waals surface area contributed by atoms with E-state index in [0.29, 0.717) is 17.9 Å². The molecule has 0 bridgehead atoms. The van der Waals surface area contributed by atoms with Gasteiger partial charge in [0.15, 0.2) is 5.76 Å². The third-order valence-electron chi connectivity index (χ3n) is 7.41. The van der Waals surface area contributed by atoms with Gasteiger partial charge in [-0.1, -0.05) is 71.9 Å². The van der Waals surface area contributed by atoms with Crippen LogP contribution in [0.2, 0.25) is 0 Å². The average molecular weight is 579 g/mol. The van der Waals surface area contributed by atoms with Gasteiger partial charge in [0, 0.05) is 11.1 Å². The lowest BCUT2D eigenvalue weighted by molar-refractivity contribution is -0.146. The van der Waals surface area contributed by atoms with Crippen molar-refractivity contribution in [3.8, 4) is 22.5 Å². The molecule has 7 nitrogen and oxygen atoms in total. The third-order valence-corrected chi connectivity index (χ3v) is 7.41. The van der Waals surface area contributed by atoms with Crippen molar-refractivity contribution in [1.82, 2.24) is 5.16 Å². The number of esters is 1. The zero-order chi connectivity index (χ0) is 30.1. The Bertz CT molecular complexity index is 1590. The topological polar surface area (TPSA) is 90.7 Å². The summed E-state index contributed by atoms with van der Waals surface area (Å²) in [6.07, 6.45) is -5.14. The SMILES string of the molecule is CCOC(=O)C1(c2ccc(-c3ccc(-c4onc(C)c4NC(=O)OC(C)c4ccccc4C(F)(F)F)cc3)cc2)CC1. The average Bonchev–Trinajstić information content (AvgIpc) is 3.72. The van der Waals surface area contributed by atoms with E-state index >= 15 is 0 Å². The van der Waals surface area contributed by atoms with Crippen LogP contribution in [0.25, 0.3) is 22.5 Å². The molecule has 1 aliphatic rings. The first-order valence-corrected chi connectivity index (χ1v) is 13.5. The molecule has 0 aliphatic heterocycles. The van der Waals surface area contributed by atoms with Gasteiger partial charge in [-0.05, 0) is 56.4 Å². The number of benzene rings is 3. The number of anilines is 1. The van der Waals surface area contributed by atoms with E-state index in [9.17, 15) is 22.8 Å². The Hall–Kier alpha value is -4.60. The molecule has 1 aliphatic carbocycles. The Morgan fingerprint density at radius 1 is 0.976 bits per heavy atom. The van der Waals surface area contributed by atoms with Crippen LogP contribution < -0.4 is 5.32 Å². The third kappa shape index (κ3) is 5.74. The fourth-order valence-electron chi connectivity index (χ4n) is 4.98. The Morgan fingerprint density at radius 2 is 1.57 bits per heavy atom. The predicted molar refractivity (Wildman–Crippen MR) is 150 cm³/mol. The molecule has 1 aromatic heterocycles. The minimum absolute atomic E-state index is 0.153. The molecule has 10 heteroatoms. The number of amides is 1. The lowest BCUT2D eigenvalue weighted by Gasteiger charge is -2.19. The zero-order valence-corrected chi connectivity index (χ0v) is 23.2. The number of nitrogens with one attached hydrogen (secondary N) is 1. The second-order valence-electron chi connectivity index (χ2n) is 10.2. The number of ether oxygens (including phenoxy) is 2. The van der Waals surface area contributed by atoms with Gasteiger partial charge in [-0.15, -0.1) is 0 Å². The summed E-state index contributed by atoms with van der Waals surface area (Å²) in [5, 5.41) is 6.51. The summed E-state index contributed by atoms with van der Waals surface area (Å²) in [5.74, 6) is 0.0955. The number of aromatic nitrogens is 1. The van der Waals surface area contributed by atoms with E-state index in [0.717, 1.165) is 35.6 Å². The molecule has 1 N–H and O–H groups in total. The van der Waals surface area contributed by atoms with Crippen molar-refractivity contribution in [2.75, 3.05) is 11.9 Å². The van der Waals surface area contributed by atoms with Gasteiger partial charge in [0.2, 0.25) is 0 Å². The largest absolute Gasteiger partial charge is 0.465 e. The maximum absolute atomic E-state index is 13.4. The van der Waals surface area contributed by atoms with Crippen LogP contribution in [0.5, 0.6) is 0 Å². The molecular weight excluding hydrogens is 549 g/mol. The van der Waals surface area contributed by atoms with Crippen molar-refractivity contribution in [3.05, 3.63) is 95.2 Å². The monoisotopic (exact) mass is 578 g/mol. The maximum atomic E-state index is 13.4. The van der Waals surface area contributed by atoms with Gasteiger partial charge < -0.3 is 14.0 Å². The van der Waals surface area contributed by atoms with E-state index in [2.05, 4.69) is 10.5 Å². The molecular formula is C32H29F3N2O5. The Labute approximate surface area is 240 Å². The van der Waals surface area contributed by atoms with Crippen molar-refractivity contribution < 1.29 is 36.8 Å². The molecule has 42 heavy (non-hydrogen) atoms. The molecule has 5 rings (SSSR count). The number of aryl methyl sites for hydroxylation is 1. The Morgan fingerprint density at radius 3 is 2.17 bits per heavy atom. The highest BCUT2D eigenvalue weighted by Gasteiger charge is 2.52. The van der Waals surface area contributed by atoms with E-state index < -0.39 is 29.4 Å². The first-order valence-electron chi connectivity index (χ1n) is 13.5. The summed E-state index contributed by atoms with van der Waals surface area (Å²) >= 11 is 0. The first-order chi connectivity index (χ1) is 20.0. The lowest BCUT2D eigenvalue weighted by Crippen LogP contribution is -2.23. The van der Waals surface area contributed by atoms with Crippen LogP contribution >= 0.6 is 0 Å². The van der Waals surface area contributed by atoms with Crippen LogP contribution in [-0.4, -0.2) is 23.8 Å². The highest BCUT2D eigenvalue weighted by Crippen LogP contribution is 2.49. The number of alkyl halides is 3. The summed E-state index contributed by atoms with van der Waals surface area (Å²) in [4.78, 5) is 25.1. The summed E-state index contributed by atoms with van der Waals surface area (Å²) in [6.45, 7) is 5.15. The Kier molecular flexibility index (Phi) is 7.81. The molecule has 0 saturated heterocycles. The summed E-state index contributed by atoms with van der Waals surface area (Å²) in [6, 6.07) is 20.2. The molecule has 1 unspecified atom stereocenters. The first kappa shape index (κ1) is 28.9. The van der Waals surface area contributed by atoms with E-state index in [-0.39, 0.29) is 23.0 Å². The number of carbonyl (C=O) groups excluding carboxylic acids is 2. The molecule has 1 atom stereocenters. The second-order valence-corrected chi connectivity index (χ2v) is 10.2. The van der Waals surface area contributed by atoms with Gasteiger partial charge in [0.25, 0.3) is 0 Å². The van der Waals surface area contributed by atoms with Gasteiger partial charge in [-0.25, -0.2) is 4.79 Å². The van der Waals surface area contributed by atoms with Gasteiger partial charge in [-0.2, -0.15) is 13.2 Å². The minimum Gasteiger partial charge on any atom is -0.465 e. The molecule has 1 heterocycles. The highest BCUT2D eigenvalue weighted by atomic mass is 19.4. The molecule has 3 aromatic carbocycles. The number of carbonyl (C=O) groups is 2. The molecule has 1 amide bonds. The van der Waals surface area contributed by atoms with Gasteiger partial charge in [-0.3, -0.25) is 10.1 Å². The summed E-state index contributed by atoms with van der Waals surface area (Å²) in [7, 11) is 0. The van der Waals surface area contributed by atoms with E-state index in [1.54, 1.807) is 13.8 Å². The van der Waals surface area contributed by atoms with E-state index in [4.69, 9.17) is 14.0 Å². The smallest absolute Gasteiger partial charge is 0.416 e. The molecule has 1 fully saturated rings. The van der Waals surface area contributed by atoms with E-state index in [1.807, 2.05) is 48.5 Å². The van der Waals surface area contributed by atoms with Crippen LogP contribution in [0.15, 0.2) is 77.3 Å². The van der Waals surface area contributed by atoms with Crippen LogP contribution in [0.1, 0.15) is 55.2 Å². The quantitative estimate of drug-likeness (QED) is 0.212. The van der Waals surface area contributed by atoms with Crippen LogP contribution in [-0.2, 0) is 25.9 Å². The van der Waals surface area contributed by atoms with Crippen molar-refractivity contribution in [1.29, 1.82) is 0 Å². The molecule has 4 aromatic rings. The van der Waals surface area contributed by atoms with Crippen molar-refractivity contribution in [3.63, 3.8) is 0 Å². The number of hydrogen-bond acceptors (Lipinski definition) is 6. The highest BCUT2D eigenvalue weighted by molar-refractivity contribution is 5.91. The van der Waals surface area contributed by atoms with E-state index in [1.165, 1.54) is 25.1 Å². The lowest BCUT2D eigenvalue weighted by atomic mass is 9.93. The van der Waals surface area contributed by atoms with Crippen LogP contribution in [0.3, 0.4) is 0 Å². The number of nitrogens with zero attached hydrogens (tertiary/aromatic N) is 1. The van der Waals surface area contributed by atoms with Crippen molar-refractivity contribution in [2.45, 2.75) is 51.3 Å². The van der Waals surface area contributed by atoms with Crippen molar-refractivity contribution in [2.24, 2.45) is 0 Å². The minimum atomic E-state index is -4.58. The standard InChI is InChI=1S/C32H29F3N2O5/c1-4-40-29(38)31(17-18-31)24-15-13-22(14-16-24)21-9-11-23(12-10-21)28-27(19(2)37-42-28)36-30(39)41-20(3)25-7-5-6-8-26(25)32(33,34)35/h5-16,20H,4,17-18H2,1-3H3,(H,36,39). The zero-order valence-electron chi connectivity index (χ0n) is 23.2. The summed E-state index contributed by atoms with van der Waals surface area (Å²) < 4.78 is 56.2. The molecule has 0 radical (unpaired) electrons. The van der Waals surface area contributed by atoms with Gasteiger partial charge in [0.1, 0.15) is 17.5 Å². The number of hydrogen-bond donors (Lipinski definition) is 1. The maximum Gasteiger partial charge on any atom is 0.416 e. The normalized spacial score (nSPS) is 14.6. The number of halogens is 3. The molecule has 1 saturated carbocycles. The number of rotatable bonds is 8. The Balaban J connectivity index is 1.29. The predicted octanol–water partition coefficient (Wildman–Crippen LogP) is 8.24. The van der Waals surface area contributed by atoms with Crippen LogP contribution in [0.4, 0.5) is 23.7 Å². The second kappa shape index (κ2) is 11.3. The molecule has 218 valence electrons. The fourth-order valence-corrected chi connectivity index (χ4v) is 4.98. The molecule has 0 spiro atoms. The fraction of sp³-hybridized carbons (Fsp3) is 0.281. The van der Waals surface area contributed by atoms with Crippen LogP contribution in [0, 0.1) is 6.92 Å². The summed E-state index contributed by atoms with van der Waals surface area (Å²) in [5.41, 5.74) is 2.52. The van der Waals surface area contributed by atoms with Gasteiger partial charge in [0.05, 0.1) is 17.6 Å².